The first kappa shape index (κ1) is 64.6. The maximum Gasteiger partial charge on any atom is 0.166 e. The zero-order valence-electron chi connectivity index (χ0n) is 60.1. The molecule has 0 aliphatic rings. The van der Waals surface area contributed by atoms with Crippen LogP contribution in [0.5, 0.6) is 0 Å². The van der Waals surface area contributed by atoms with Gasteiger partial charge in [-0.2, -0.15) is 15.8 Å². The SMILES string of the molecule is N#Cc1cccc(-c2ccc(-c3nc(-c4ccc(-c5cccc(C#N)c5)cc4-n4c5ccc(-c6ccccc6)cc5c5c4ccc4c6ccccc6n(-c6ccccc6)c45)nc(-c4ccc(-c5cccc(C#N)c5)cc4-n4c5ccc(-c6ccccc6)cc5c5c4ccc4c6ccccc6n(-c6ccccc6)c45)n3)cc2)c1. The van der Waals surface area contributed by atoms with Gasteiger partial charge in [-0.25, -0.2) is 15.0 Å². The van der Waals surface area contributed by atoms with Gasteiger partial charge in [-0.05, 0) is 189 Å². The average molecular weight is 1430 g/mol. The number of nitrogens with zero attached hydrogens (tertiary/aromatic N) is 10. The van der Waals surface area contributed by atoms with Gasteiger partial charge in [0.05, 0.1) is 90.4 Å². The third kappa shape index (κ3) is 10.6. The average Bonchev–Trinajstić information content (AvgIpc) is 1.54. The molecule has 0 radical (unpaired) electrons. The molecule has 10 heteroatoms. The number of hydrogen-bond donors (Lipinski definition) is 0. The fourth-order valence-corrected chi connectivity index (χ4v) is 17.0. The lowest BCUT2D eigenvalue weighted by molar-refractivity contribution is 1.06. The van der Waals surface area contributed by atoms with E-state index in [1.807, 2.05) is 60.7 Å². The Morgan fingerprint density at radius 2 is 0.518 bits per heavy atom. The zero-order valence-corrected chi connectivity index (χ0v) is 60.1. The summed E-state index contributed by atoms with van der Waals surface area (Å²) in [5, 5.41) is 39.8. The van der Waals surface area contributed by atoms with E-state index in [2.05, 4.69) is 340 Å². The first-order valence-electron chi connectivity index (χ1n) is 37.3. The summed E-state index contributed by atoms with van der Waals surface area (Å²) in [5.74, 6) is 1.25. The van der Waals surface area contributed by atoms with Crippen molar-refractivity contribution in [2.24, 2.45) is 0 Å². The highest BCUT2D eigenvalue weighted by molar-refractivity contribution is 6.28. The van der Waals surface area contributed by atoms with E-state index in [-0.39, 0.29) is 0 Å². The summed E-state index contributed by atoms with van der Waals surface area (Å²) in [6.07, 6.45) is 0. The number of rotatable bonds is 12. The van der Waals surface area contributed by atoms with Gasteiger partial charge in [-0.1, -0.05) is 231 Å². The molecule has 0 aliphatic heterocycles. The Morgan fingerprint density at radius 3 is 0.946 bits per heavy atom. The number of aromatic nitrogens is 7. The zero-order chi connectivity index (χ0) is 74.5. The molecule has 518 valence electrons. The number of para-hydroxylation sites is 4. The number of hydrogen-bond acceptors (Lipinski definition) is 6. The van der Waals surface area contributed by atoms with Gasteiger partial charge in [0, 0.05) is 71.2 Å². The van der Waals surface area contributed by atoms with Gasteiger partial charge in [0.2, 0.25) is 0 Å². The quantitative estimate of drug-likeness (QED) is 0.120. The van der Waals surface area contributed by atoms with Crippen molar-refractivity contribution in [1.29, 1.82) is 15.8 Å². The molecule has 5 heterocycles. The van der Waals surface area contributed by atoms with Gasteiger partial charge in [-0.3, -0.25) is 0 Å². The summed E-state index contributed by atoms with van der Waals surface area (Å²) in [5.41, 5.74) is 25.4. The standard InChI is InChI=1S/C102H60N10/c103-61-64-20-17-27-71(54-64)69-38-40-70(41-39-69)100-106-101(84-46-42-76(72-28-18-21-65(55-72)62-104)59-94(84)111-90-50-44-74(67-23-5-1-6-24-67)57-86(90)96-92(111)52-48-82-80-34-13-15-36-88(80)109(98(82)96)78-30-9-3-10-31-78)108-102(107-100)85-47-43-77(73-29-19-22-66(56-73)63-105)60-95(85)112-91-51-45-75(68-25-7-2-8-26-68)58-87(91)97-93(112)53-49-83-81-35-14-16-37-89(81)110(99(83)97)79-32-11-4-12-33-79/h1-60H. The third-order valence-corrected chi connectivity index (χ3v) is 22.1. The van der Waals surface area contributed by atoms with E-state index in [0.29, 0.717) is 34.2 Å². The number of fused-ring (bicyclic) bond motifs is 14. The van der Waals surface area contributed by atoms with E-state index in [1.165, 1.54) is 0 Å². The molecular formula is C102H60N10. The van der Waals surface area contributed by atoms with Crippen LogP contribution in [0.1, 0.15) is 16.7 Å². The van der Waals surface area contributed by atoms with E-state index in [1.54, 1.807) is 0 Å². The summed E-state index contributed by atoms with van der Waals surface area (Å²) in [7, 11) is 0. The van der Waals surface area contributed by atoms with E-state index in [9.17, 15) is 15.8 Å². The molecule has 21 aromatic rings. The second-order valence-corrected chi connectivity index (χ2v) is 28.4. The fourth-order valence-electron chi connectivity index (χ4n) is 17.0. The molecule has 0 fully saturated rings. The third-order valence-electron chi connectivity index (χ3n) is 22.1. The number of nitriles is 3. The van der Waals surface area contributed by atoms with Gasteiger partial charge in [0.1, 0.15) is 0 Å². The Hall–Kier alpha value is -15.8. The normalized spacial score (nSPS) is 11.5. The largest absolute Gasteiger partial charge is 0.309 e. The molecule has 10 nitrogen and oxygen atoms in total. The second kappa shape index (κ2) is 26.3. The van der Waals surface area contributed by atoms with Crippen LogP contribution in [0, 0.1) is 34.0 Å². The highest BCUT2D eigenvalue weighted by Crippen LogP contribution is 2.49. The lowest BCUT2D eigenvalue weighted by Gasteiger charge is -2.18. The van der Waals surface area contributed by atoms with Crippen molar-refractivity contribution < 1.29 is 0 Å². The van der Waals surface area contributed by atoms with Gasteiger partial charge >= 0.3 is 0 Å². The molecule has 0 atom stereocenters. The Balaban J connectivity index is 0.883. The molecule has 112 heavy (non-hydrogen) atoms. The van der Waals surface area contributed by atoms with Crippen molar-refractivity contribution >= 4 is 87.2 Å². The highest BCUT2D eigenvalue weighted by atomic mass is 15.1. The summed E-state index contributed by atoms with van der Waals surface area (Å²) >= 11 is 0. The second-order valence-electron chi connectivity index (χ2n) is 28.4. The summed E-state index contributed by atoms with van der Waals surface area (Å²) in [6, 6.07) is 134. The Bertz CT molecular complexity index is 7180. The maximum absolute atomic E-state index is 10.5. The topological polar surface area (TPSA) is 130 Å². The van der Waals surface area contributed by atoms with Gasteiger partial charge < -0.3 is 18.3 Å². The monoisotopic (exact) mass is 1420 g/mol. The molecule has 21 rings (SSSR count). The molecular weight excluding hydrogens is 1370 g/mol. The first-order chi connectivity index (χ1) is 55.4. The van der Waals surface area contributed by atoms with Crippen LogP contribution in [-0.2, 0) is 0 Å². The fraction of sp³-hybridized carbons (Fsp3) is 0. The van der Waals surface area contributed by atoms with Crippen molar-refractivity contribution in [3.63, 3.8) is 0 Å². The van der Waals surface area contributed by atoms with Crippen LogP contribution in [0.15, 0.2) is 364 Å². The summed E-state index contributed by atoms with van der Waals surface area (Å²) in [4.78, 5) is 17.3. The van der Waals surface area contributed by atoms with Crippen molar-refractivity contribution in [3.05, 3.63) is 381 Å². The van der Waals surface area contributed by atoms with E-state index in [0.717, 1.165) is 182 Å². The van der Waals surface area contributed by atoms with Crippen LogP contribution >= 0.6 is 0 Å². The van der Waals surface area contributed by atoms with E-state index in [4.69, 9.17) is 15.0 Å². The molecule has 0 spiro atoms. The summed E-state index contributed by atoms with van der Waals surface area (Å²) < 4.78 is 9.61. The lowest BCUT2D eigenvalue weighted by Crippen LogP contribution is -2.06. The van der Waals surface area contributed by atoms with Crippen LogP contribution in [-0.4, -0.2) is 33.2 Å². The molecule has 0 bridgehead atoms. The van der Waals surface area contributed by atoms with Crippen LogP contribution in [0.4, 0.5) is 0 Å². The van der Waals surface area contributed by atoms with E-state index < -0.39 is 0 Å². The predicted molar refractivity (Wildman–Crippen MR) is 455 cm³/mol. The predicted octanol–water partition coefficient (Wildman–Crippen LogP) is 25.2. The van der Waals surface area contributed by atoms with Gasteiger partial charge in [-0.15, -0.1) is 0 Å². The molecule has 0 saturated carbocycles. The molecule has 0 N–H and O–H groups in total. The Labute approximate surface area is 643 Å². The number of benzene rings is 16. The van der Waals surface area contributed by atoms with E-state index >= 15 is 0 Å². The Morgan fingerprint density at radius 1 is 0.205 bits per heavy atom. The van der Waals surface area contributed by atoms with Crippen molar-refractivity contribution in [2.75, 3.05) is 0 Å². The molecule has 0 unspecified atom stereocenters. The molecule has 0 amide bonds. The summed E-state index contributed by atoms with van der Waals surface area (Å²) in [6.45, 7) is 0. The van der Waals surface area contributed by atoms with Crippen LogP contribution in [0.3, 0.4) is 0 Å². The minimum absolute atomic E-state index is 0.411. The minimum atomic E-state index is 0.411. The van der Waals surface area contributed by atoms with Crippen molar-refractivity contribution in [3.8, 4) is 131 Å². The van der Waals surface area contributed by atoms with Crippen LogP contribution in [0.25, 0.3) is 200 Å². The molecule has 0 aliphatic carbocycles. The maximum atomic E-state index is 10.5. The molecule has 5 aromatic heterocycles. The Kier molecular flexibility index (Phi) is 15.2. The van der Waals surface area contributed by atoms with Crippen LogP contribution in [0.2, 0.25) is 0 Å². The minimum Gasteiger partial charge on any atom is -0.309 e. The van der Waals surface area contributed by atoms with Crippen LogP contribution < -0.4 is 0 Å². The van der Waals surface area contributed by atoms with Crippen molar-refractivity contribution in [1.82, 2.24) is 33.2 Å². The lowest BCUT2D eigenvalue weighted by atomic mass is 9.99. The van der Waals surface area contributed by atoms with Gasteiger partial charge in [0.25, 0.3) is 0 Å². The highest BCUT2D eigenvalue weighted by Gasteiger charge is 2.29. The smallest absolute Gasteiger partial charge is 0.166 e. The molecule has 16 aromatic carbocycles. The van der Waals surface area contributed by atoms with Gasteiger partial charge in [0.15, 0.2) is 17.5 Å². The molecule has 0 saturated heterocycles. The van der Waals surface area contributed by atoms with Crippen molar-refractivity contribution in [2.45, 2.75) is 0 Å². The first-order valence-corrected chi connectivity index (χ1v) is 37.3.